The van der Waals surface area contributed by atoms with Gasteiger partial charge in [-0.1, -0.05) is 30.3 Å². The Morgan fingerprint density at radius 2 is 1.86 bits per heavy atom. The van der Waals surface area contributed by atoms with E-state index in [2.05, 4.69) is 4.98 Å². The molecule has 0 saturated heterocycles. The third-order valence-corrected chi connectivity index (χ3v) is 2.68. The molecule has 0 aliphatic rings. The summed E-state index contributed by atoms with van der Waals surface area (Å²) in [5, 5.41) is 0.937. The largest absolute Gasteiger partial charge is 0.356 e. The van der Waals surface area contributed by atoms with Crippen LogP contribution in [0.4, 0.5) is 0 Å². The van der Waals surface area contributed by atoms with Crippen LogP contribution in [0, 0.1) is 0 Å². The van der Waals surface area contributed by atoms with Crippen LogP contribution in [0.3, 0.4) is 0 Å². The molecule has 0 radical (unpaired) electrons. The van der Waals surface area contributed by atoms with Gasteiger partial charge in [-0.05, 0) is 23.9 Å². The summed E-state index contributed by atoms with van der Waals surface area (Å²) in [4.78, 5) is 14.6. The predicted molar refractivity (Wildman–Crippen MR) is 57.4 cm³/mol. The van der Waals surface area contributed by atoms with Gasteiger partial charge in [-0.3, -0.25) is 4.79 Å². The van der Waals surface area contributed by atoms with Crippen molar-refractivity contribution in [1.29, 1.82) is 0 Å². The first-order valence-corrected chi connectivity index (χ1v) is 5.08. The molecule has 0 amide bonds. The molecule has 2 aromatic rings. The van der Waals surface area contributed by atoms with Crippen LogP contribution in [0.2, 0.25) is 0 Å². The molecule has 0 spiro atoms. The third-order valence-electron chi connectivity index (χ3n) is 1.78. The third kappa shape index (κ3) is 2.06. The van der Waals surface area contributed by atoms with E-state index in [1.807, 2.05) is 42.5 Å². The molecule has 0 saturated carbocycles. The molecule has 2 rings (SSSR count). The van der Waals surface area contributed by atoms with E-state index < -0.39 is 0 Å². The van der Waals surface area contributed by atoms with Gasteiger partial charge in [0, 0.05) is 11.8 Å². The number of aromatic amines is 1. The van der Waals surface area contributed by atoms with Gasteiger partial charge in [-0.2, -0.15) is 0 Å². The van der Waals surface area contributed by atoms with Crippen molar-refractivity contribution in [3.8, 4) is 0 Å². The maximum atomic E-state index is 11.7. The molecule has 1 aromatic heterocycles. The van der Waals surface area contributed by atoms with Crippen LogP contribution in [0.25, 0.3) is 0 Å². The minimum absolute atomic E-state index is 0.0630. The van der Waals surface area contributed by atoms with E-state index in [4.69, 9.17) is 0 Å². The Bertz CT molecular complexity index is 408. The Hall–Kier alpha value is -1.48. The summed E-state index contributed by atoms with van der Waals surface area (Å²) >= 11 is 1.21. The number of hydrogen-bond donors (Lipinski definition) is 1. The highest BCUT2D eigenvalue weighted by molar-refractivity contribution is 8.14. The van der Waals surface area contributed by atoms with E-state index in [9.17, 15) is 4.79 Å². The lowest BCUT2D eigenvalue weighted by Crippen LogP contribution is -1.91. The summed E-state index contributed by atoms with van der Waals surface area (Å²) in [6, 6.07) is 13.0. The molecule has 0 unspecified atom stereocenters. The number of carbonyl (C=O) groups excluding carboxylic acids is 1. The van der Waals surface area contributed by atoms with Crippen molar-refractivity contribution >= 4 is 16.9 Å². The van der Waals surface area contributed by atoms with Crippen molar-refractivity contribution in [2.45, 2.75) is 5.03 Å². The van der Waals surface area contributed by atoms with Gasteiger partial charge in [-0.15, -0.1) is 0 Å². The maximum Gasteiger partial charge on any atom is 0.225 e. The van der Waals surface area contributed by atoms with Gasteiger partial charge in [0.1, 0.15) is 0 Å². The summed E-state index contributed by atoms with van der Waals surface area (Å²) in [5.74, 6) is 0. The van der Waals surface area contributed by atoms with E-state index in [1.54, 1.807) is 6.20 Å². The molecular weight excluding hydrogens is 194 g/mol. The number of aromatic nitrogens is 1. The average Bonchev–Trinajstić information content (AvgIpc) is 2.72. The molecule has 1 N–H and O–H groups in total. The van der Waals surface area contributed by atoms with Gasteiger partial charge >= 0.3 is 0 Å². The van der Waals surface area contributed by atoms with Crippen molar-refractivity contribution in [2.24, 2.45) is 0 Å². The lowest BCUT2D eigenvalue weighted by atomic mass is 10.2. The second-order valence-electron chi connectivity index (χ2n) is 2.79. The second-order valence-corrected chi connectivity index (χ2v) is 3.80. The van der Waals surface area contributed by atoms with Crippen LogP contribution in [-0.4, -0.2) is 10.1 Å². The van der Waals surface area contributed by atoms with Crippen LogP contribution in [0.1, 0.15) is 10.4 Å². The zero-order chi connectivity index (χ0) is 9.80. The number of nitrogens with one attached hydrogen (secondary N) is 1. The number of hydrogen-bond acceptors (Lipinski definition) is 2. The van der Waals surface area contributed by atoms with Gasteiger partial charge in [0.15, 0.2) is 0 Å². The van der Waals surface area contributed by atoms with Crippen LogP contribution in [0.15, 0.2) is 53.7 Å². The highest BCUT2D eigenvalue weighted by Crippen LogP contribution is 2.20. The lowest BCUT2D eigenvalue weighted by molar-refractivity contribution is 0.108. The molecule has 3 heteroatoms. The lowest BCUT2D eigenvalue weighted by Gasteiger charge is -1.97. The quantitative estimate of drug-likeness (QED) is 0.761. The highest BCUT2D eigenvalue weighted by Gasteiger charge is 2.06. The number of H-pyrrole nitrogens is 1. The van der Waals surface area contributed by atoms with Gasteiger partial charge in [-0.25, -0.2) is 0 Å². The summed E-state index contributed by atoms with van der Waals surface area (Å²) in [7, 11) is 0. The first-order valence-electron chi connectivity index (χ1n) is 4.27. The van der Waals surface area contributed by atoms with Crippen molar-refractivity contribution in [3.63, 3.8) is 0 Å². The summed E-state index contributed by atoms with van der Waals surface area (Å²) in [6.07, 6.45) is 1.81. The Labute approximate surface area is 86.3 Å². The van der Waals surface area contributed by atoms with Gasteiger partial charge < -0.3 is 4.98 Å². The summed E-state index contributed by atoms with van der Waals surface area (Å²) < 4.78 is 0. The molecule has 0 fully saturated rings. The second kappa shape index (κ2) is 4.15. The van der Waals surface area contributed by atoms with E-state index in [-0.39, 0.29) is 5.12 Å². The zero-order valence-corrected chi connectivity index (χ0v) is 8.25. The van der Waals surface area contributed by atoms with Crippen molar-refractivity contribution in [2.75, 3.05) is 0 Å². The molecule has 2 nitrogen and oxygen atoms in total. The first kappa shape index (κ1) is 9.09. The molecule has 1 aromatic carbocycles. The molecule has 0 atom stereocenters. The van der Waals surface area contributed by atoms with E-state index in [1.165, 1.54) is 11.8 Å². The minimum atomic E-state index is 0.0630. The standard InChI is InChI=1S/C11H9NOS/c13-11(9-5-2-1-3-6-9)14-10-7-4-8-12-10/h1-8,12H. The smallest absolute Gasteiger partial charge is 0.225 e. The fraction of sp³-hybridized carbons (Fsp3) is 0. The van der Waals surface area contributed by atoms with Crippen LogP contribution < -0.4 is 0 Å². The minimum Gasteiger partial charge on any atom is -0.356 e. The summed E-state index contributed by atoms with van der Waals surface area (Å²) in [6.45, 7) is 0. The maximum absolute atomic E-state index is 11.7. The van der Waals surface area contributed by atoms with Crippen LogP contribution in [-0.2, 0) is 0 Å². The molecule has 14 heavy (non-hydrogen) atoms. The zero-order valence-electron chi connectivity index (χ0n) is 7.44. The van der Waals surface area contributed by atoms with Gasteiger partial charge in [0.05, 0.1) is 5.03 Å². The predicted octanol–water partition coefficient (Wildman–Crippen LogP) is 2.95. The number of benzene rings is 1. The Morgan fingerprint density at radius 1 is 1.07 bits per heavy atom. The highest BCUT2D eigenvalue weighted by atomic mass is 32.2. The fourth-order valence-corrected chi connectivity index (χ4v) is 1.84. The van der Waals surface area contributed by atoms with E-state index in [0.29, 0.717) is 0 Å². The first-order chi connectivity index (χ1) is 6.86. The van der Waals surface area contributed by atoms with Crippen molar-refractivity contribution < 1.29 is 4.79 Å². The average molecular weight is 203 g/mol. The monoisotopic (exact) mass is 203 g/mol. The van der Waals surface area contributed by atoms with Crippen molar-refractivity contribution in [1.82, 2.24) is 4.98 Å². The molecule has 0 aliphatic heterocycles. The molecule has 70 valence electrons. The Balaban J connectivity index is 2.11. The SMILES string of the molecule is O=C(Sc1ccc[nH]1)c1ccccc1. The van der Waals surface area contributed by atoms with Crippen LogP contribution >= 0.6 is 11.8 Å². The molecular formula is C11H9NOS. The topological polar surface area (TPSA) is 32.9 Å². The Morgan fingerprint density at radius 3 is 2.50 bits per heavy atom. The van der Waals surface area contributed by atoms with E-state index in [0.717, 1.165) is 10.6 Å². The van der Waals surface area contributed by atoms with E-state index >= 15 is 0 Å². The molecule has 0 aliphatic carbocycles. The normalized spacial score (nSPS) is 10.0. The van der Waals surface area contributed by atoms with Gasteiger partial charge in [0.25, 0.3) is 0 Å². The fourth-order valence-electron chi connectivity index (χ4n) is 1.11. The van der Waals surface area contributed by atoms with Gasteiger partial charge in [0.2, 0.25) is 5.12 Å². The number of rotatable bonds is 2. The number of thioether (sulfide) groups is 1. The molecule has 0 bridgehead atoms. The summed E-state index contributed by atoms with van der Waals surface area (Å²) in [5.41, 5.74) is 0.729. The molecule has 1 heterocycles. The number of carbonyl (C=O) groups is 1. The van der Waals surface area contributed by atoms with Crippen LogP contribution in [0.5, 0.6) is 0 Å². The van der Waals surface area contributed by atoms with Crippen molar-refractivity contribution in [3.05, 3.63) is 54.2 Å². The Kier molecular flexibility index (Phi) is 2.70.